The molecule has 0 bridgehead atoms. The summed E-state index contributed by atoms with van der Waals surface area (Å²) in [7, 11) is 1.57. The molecule has 0 spiro atoms. The van der Waals surface area contributed by atoms with E-state index in [0.717, 1.165) is 17.7 Å². The number of hydrogen-bond donors (Lipinski definition) is 1. The second kappa shape index (κ2) is 12.7. The first kappa shape index (κ1) is 31.1. The molecule has 4 aromatic rings. The van der Waals surface area contributed by atoms with E-state index in [1.807, 2.05) is 24.3 Å². The van der Waals surface area contributed by atoms with Crippen LogP contribution in [-0.2, 0) is 21.9 Å². The molecule has 0 saturated heterocycles. The number of hydrogen-bond acceptors (Lipinski definition) is 6. The van der Waals surface area contributed by atoms with Gasteiger partial charge in [0.25, 0.3) is 11.5 Å². The number of rotatable bonds is 9. The van der Waals surface area contributed by atoms with E-state index in [-0.39, 0.29) is 24.4 Å². The number of alkyl halides is 3. The summed E-state index contributed by atoms with van der Waals surface area (Å²) in [6.45, 7) is 0.267. The zero-order valence-corrected chi connectivity index (χ0v) is 24.4. The summed E-state index contributed by atoms with van der Waals surface area (Å²) in [5.74, 6) is -0.784. The van der Waals surface area contributed by atoms with Gasteiger partial charge >= 0.3 is 6.18 Å². The Morgan fingerprint density at radius 2 is 1.80 bits per heavy atom. The van der Waals surface area contributed by atoms with Crippen LogP contribution in [-0.4, -0.2) is 37.7 Å². The predicted molar refractivity (Wildman–Crippen MR) is 159 cm³/mol. The summed E-state index contributed by atoms with van der Waals surface area (Å²) in [6.07, 6.45) is -4.31. The molecule has 13 heteroatoms. The monoisotopic (exact) mass is 647 g/mol. The normalized spacial score (nSPS) is 16.6. The fourth-order valence-corrected chi connectivity index (χ4v) is 5.27. The van der Waals surface area contributed by atoms with Gasteiger partial charge in [0.2, 0.25) is 0 Å². The van der Waals surface area contributed by atoms with E-state index in [4.69, 9.17) is 37.6 Å². The Balaban J connectivity index is 1.32. The highest BCUT2D eigenvalue weighted by atomic mass is 35.5. The van der Waals surface area contributed by atoms with Crippen LogP contribution < -0.4 is 10.1 Å². The lowest BCUT2D eigenvalue weighted by Crippen LogP contribution is -2.42. The van der Waals surface area contributed by atoms with Crippen LogP contribution in [0.3, 0.4) is 0 Å². The first-order chi connectivity index (χ1) is 21.0. The molecule has 0 aromatic heterocycles. The quantitative estimate of drug-likeness (QED) is 0.0869. The van der Waals surface area contributed by atoms with E-state index in [2.05, 4.69) is 15.6 Å². The van der Waals surface area contributed by atoms with Crippen LogP contribution in [0, 0.1) is 5.82 Å². The lowest BCUT2D eigenvalue weighted by Gasteiger charge is -2.29. The zero-order chi connectivity index (χ0) is 31.5. The fraction of sp³-hybridized carbons (Fsp3) is 0.194. The van der Waals surface area contributed by atoms with E-state index < -0.39 is 45.5 Å². The molecule has 1 atom stereocenters. The zero-order valence-electron chi connectivity index (χ0n) is 22.9. The van der Waals surface area contributed by atoms with Gasteiger partial charge in [0, 0.05) is 23.1 Å². The maximum atomic E-state index is 14.5. The minimum Gasteiger partial charge on any atom is -0.497 e. The van der Waals surface area contributed by atoms with Gasteiger partial charge in [0.1, 0.15) is 12.4 Å². The van der Waals surface area contributed by atoms with Gasteiger partial charge in [-0.2, -0.15) is 13.2 Å². The molecule has 228 valence electrons. The van der Waals surface area contributed by atoms with Gasteiger partial charge < -0.3 is 19.7 Å². The highest BCUT2D eigenvalue weighted by molar-refractivity contribution is 6.35. The van der Waals surface area contributed by atoms with Crippen molar-refractivity contribution >= 4 is 51.8 Å². The number of fused-ring (bicyclic) bond motifs is 1. The van der Waals surface area contributed by atoms with E-state index in [0.29, 0.717) is 22.1 Å². The van der Waals surface area contributed by atoms with Gasteiger partial charge in [0.15, 0.2) is 5.82 Å². The molecule has 0 aliphatic carbocycles. The van der Waals surface area contributed by atoms with Gasteiger partial charge in [-0.1, -0.05) is 76.0 Å². The lowest BCUT2D eigenvalue weighted by atomic mass is 9.85. The minimum absolute atomic E-state index is 0.0256. The Bertz CT molecular complexity index is 1760. The number of nitrogens with one attached hydrogen (secondary N) is 1. The van der Waals surface area contributed by atoms with Crippen LogP contribution in [0.4, 0.5) is 17.6 Å². The number of carbonyl (C=O) groups excluding carboxylic acids is 1. The van der Waals surface area contributed by atoms with Gasteiger partial charge in [-0.3, -0.25) is 4.79 Å². The van der Waals surface area contributed by atoms with Crippen molar-refractivity contribution in [1.29, 1.82) is 0 Å². The summed E-state index contributed by atoms with van der Waals surface area (Å²) in [5.41, 5.74) is -2.00. The average molecular weight is 648 g/mol. The third-order valence-corrected chi connectivity index (χ3v) is 7.53. The number of nitrogens with zero attached hydrogens (tertiary/aromatic N) is 2. The third kappa shape index (κ3) is 6.15. The van der Waals surface area contributed by atoms with Crippen LogP contribution in [0.2, 0.25) is 10.0 Å². The Morgan fingerprint density at radius 1 is 1.07 bits per heavy atom. The standard InChI is InChI=1S/C31H23Cl2F4N3O4/c1-42-20-6-4-5-18(13-20)17-43-39-12-11-38-29(41)24-10-9-23(21-7-2-3-8-22(21)24)27-16-30(44-40-27,31(35,36)37)19-14-25(32)28(34)26(33)15-19/h2-10,12-15H,11,16-17H2,1H3,(H,38,41). The van der Waals surface area contributed by atoms with Crippen molar-refractivity contribution in [3.8, 4) is 5.75 Å². The summed E-state index contributed by atoms with van der Waals surface area (Å²) < 4.78 is 62.6. The van der Waals surface area contributed by atoms with Crippen molar-refractivity contribution in [2.45, 2.75) is 24.8 Å². The Labute approximate surface area is 259 Å². The van der Waals surface area contributed by atoms with Crippen molar-refractivity contribution in [2.75, 3.05) is 13.7 Å². The van der Waals surface area contributed by atoms with Gasteiger partial charge in [-0.25, -0.2) is 4.39 Å². The smallest absolute Gasteiger partial charge is 0.435 e. The largest absolute Gasteiger partial charge is 0.497 e. The number of amides is 1. The molecular formula is C31H23Cl2F4N3O4. The van der Waals surface area contributed by atoms with Crippen molar-refractivity contribution < 1.29 is 36.8 Å². The Kier molecular flexibility index (Phi) is 8.98. The van der Waals surface area contributed by atoms with Crippen LogP contribution >= 0.6 is 23.2 Å². The molecule has 4 aromatic carbocycles. The van der Waals surface area contributed by atoms with Crippen LogP contribution in [0.5, 0.6) is 5.75 Å². The molecule has 1 N–H and O–H groups in total. The number of methoxy groups -OCH3 is 1. The number of carbonyl (C=O) groups is 1. The molecule has 0 radical (unpaired) electrons. The Morgan fingerprint density at radius 3 is 2.50 bits per heavy atom. The summed E-state index contributed by atoms with van der Waals surface area (Å²) in [6, 6.07) is 18.7. The molecule has 1 unspecified atom stereocenters. The van der Waals surface area contributed by atoms with Crippen LogP contribution in [0.15, 0.2) is 83.1 Å². The Hall–Kier alpha value is -4.35. The van der Waals surface area contributed by atoms with Crippen LogP contribution in [0.1, 0.15) is 33.5 Å². The number of ether oxygens (including phenoxy) is 1. The van der Waals surface area contributed by atoms with Crippen molar-refractivity contribution in [2.24, 2.45) is 10.3 Å². The summed E-state index contributed by atoms with van der Waals surface area (Å²) in [4.78, 5) is 23.4. The number of halogens is 6. The van der Waals surface area contributed by atoms with E-state index in [1.54, 1.807) is 31.4 Å². The molecule has 1 aliphatic heterocycles. The lowest BCUT2D eigenvalue weighted by molar-refractivity contribution is -0.275. The molecule has 44 heavy (non-hydrogen) atoms. The maximum Gasteiger partial charge on any atom is 0.435 e. The first-order valence-corrected chi connectivity index (χ1v) is 13.8. The molecule has 0 fully saturated rings. The number of benzene rings is 4. The number of oxime groups is 2. The van der Waals surface area contributed by atoms with Crippen molar-refractivity contribution in [3.05, 3.63) is 111 Å². The molecular weight excluding hydrogens is 625 g/mol. The highest BCUT2D eigenvalue weighted by Gasteiger charge is 2.62. The fourth-order valence-electron chi connectivity index (χ4n) is 4.78. The van der Waals surface area contributed by atoms with Crippen molar-refractivity contribution in [3.63, 3.8) is 0 Å². The highest BCUT2D eigenvalue weighted by Crippen LogP contribution is 2.50. The summed E-state index contributed by atoms with van der Waals surface area (Å²) in [5, 5.41) is 10.2. The molecule has 1 amide bonds. The van der Waals surface area contributed by atoms with Crippen molar-refractivity contribution in [1.82, 2.24) is 5.32 Å². The van der Waals surface area contributed by atoms with E-state index in [9.17, 15) is 22.4 Å². The van der Waals surface area contributed by atoms with Gasteiger partial charge in [-0.05, 0) is 46.7 Å². The van der Waals surface area contributed by atoms with Crippen LogP contribution in [0.25, 0.3) is 10.8 Å². The summed E-state index contributed by atoms with van der Waals surface area (Å²) >= 11 is 11.6. The van der Waals surface area contributed by atoms with E-state index >= 15 is 0 Å². The SMILES string of the molecule is COc1cccc(CON=CCNC(=O)c2ccc(C3=NOC(c4cc(Cl)c(F)c(Cl)c4)(C(F)(F)F)C3)c3ccccc23)c1. The van der Waals surface area contributed by atoms with E-state index in [1.165, 1.54) is 18.3 Å². The molecule has 0 saturated carbocycles. The minimum atomic E-state index is -4.96. The third-order valence-electron chi connectivity index (χ3n) is 6.98. The maximum absolute atomic E-state index is 14.5. The molecule has 1 heterocycles. The topological polar surface area (TPSA) is 81.5 Å². The first-order valence-electron chi connectivity index (χ1n) is 13.1. The molecule has 7 nitrogen and oxygen atoms in total. The van der Waals surface area contributed by atoms with Gasteiger partial charge in [-0.15, -0.1) is 0 Å². The second-order valence-corrected chi connectivity index (χ2v) is 10.5. The molecule has 1 aliphatic rings. The predicted octanol–water partition coefficient (Wildman–Crippen LogP) is 7.81. The van der Waals surface area contributed by atoms with Gasteiger partial charge in [0.05, 0.1) is 35.6 Å². The molecule has 5 rings (SSSR count). The second-order valence-electron chi connectivity index (χ2n) is 9.71. The average Bonchev–Trinajstić information content (AvgIpc) is 3.48.